The van der Waals surface area contributed by atoms with Crippen molar-refractivity contribution in [3.05, 3.63) is 0 Å². The molecule has 0 aliphatic heterocycles. The van der Waals surface area contributed by atoms with Crippen molar-refractivity contribution in [1.82, 2.24) is 5.32 Å². The molecule has 80 valence electrons. The number of hydrogen-bond acceptors (Lipinski definition) is 5. The van der Waals surface area contributed by atoms with Gasteiger partial charge in [-0.25, -0.2) is 0 Å². The molecule has 0 atom stereocenters. The van der Waals surface area contributed by atoms with E-state index in [4.69, 9.17) is 14.8 Å². The Balaban J connectivity index is 3.88. The summed E-state index contributed by atoms with van der Waals surface area (Å²) in [7, 11) is -3.99. The largest absolute Gasteiger partial charge is 0.394 e. The Kier molecular flexibility index (Phi) is 4.79. The molecule has 0 aliphatic carbocycles. The first-order valence-corrected chi connectivity index (χ1v) is 5.36. The Morgan fingerprint density at radius 1 is 1.31 bits per heavy atom. The molecule has 0 radical (unpaired) electrons. The van der Waals surface area contributed by atoms with Crippen LogP contribution in [0.25, 0.3) is 0 Å². The molecule has 0 amide bonds. The van der Waals surface area contributed by atoms with E-state index in [9.17, 15) is 8.42 Å². The zero-order valence-electron chi connectivity index (χ0n) is 7.39. The van der Waals surface area contributed by atoms with E-state index < -0.39 is 21.4 Å². The van der Waals surface area contributed by atoms with E-state index in [1.807, 2.05) is 0 Å². The van der Waals surface area contributed by atoms with Gasteiger partial charge in [0.15, 0.2) is 0 Å². The molecule has 0 saturated heterocycles. The SMILES string of the molecule is CC(CO)(CO)NCCS(=O)(=O)O. The standard InChI is InChI=1S/C6H15NO5S/c1-6(4-8,5-9)7-2-3-13(10,11)12/h7-9H,2-5H2,1H3,(H,10,11,12). The lowest BCUT2D eigenvalue weighted by Gasteiger charge is -2.25. The van der Waals surface area contributed by atoms with Crippen LogP contribution in [0.5, 0.6) is 0 Å². The average molecular weight is 213 g/mol. The third-order valence-corrected chi connectivity index (χ3v) is 2.33. The summed E-state index contributed by atoms with van der Waals surface area (Å²) in [6.45, 7) is 0.900. The van der Waals surface area contributed by atoms with Gasteiger partial charge in [0.2, 0.25) is 0 Å². The summed E-state index contributed by atoms with van der Waals surface area (Å²) in [5.41, 5.74) is -0.912. The van der Waals surface area contributed by atoms with Gasteiger partial charge >= 0.3 is 0 Å². The maximum absolute atomic E-state index is 10.3. The number of rotatable bonds is 6. The normalized spacial score (nSPS) is 13.2. The van der Waals surface area contributed by atoms with Crippen LogP contribution < -0.4 is 5.32 Å². The quantitative estimate of drug-likeness (QED) is 0.388. The molecular formula is C6H15NO5S. The van der Waals surface area contributed by atoms with Gasteiger partial charge in [-0.15, -0.1) is 0 Å². The molecule has 7 heteroatoms. The molecule has 0 unspecified atom stereocenters. The van der Waals surface area contributed by atoms with Gasteiger partial charge in [-0.05, 0) is 6.92 Å². The highest BCUT2D eigenvalue weighted by atomic mass is 32.2. The van der Waals surface area contributed by atoms with Gasteiger partial charge < -0.3 is 15.5 Å². The third-order valence-electron chi connectivity index (χ3n) is 1.61. The van der Waals surface area contributed by atoms with Crippen molar-refractivity contribution in [2.24, 2.45) is 0 Å². The van der Waals surface area contributed by atoms with E-state index >= 15 is 0 Å². The topological polar surface area (TPSA) is 107 Å². The molecule has 0 saturated carbocycles. The second-order valence-electron chi connectivity index (χ2n) is 3.09. The van der Waals surface area contributed by atoms with Crippen LogP contribution >= 0.6 is 0 Å². The summed E-state index contributed by atoms with van der Waals surface area (Å²) in [5, 5.41) is 20.2. The summed E-state index contributed by atoms with van der Waals surface area (Å²) in [6, 6.07) is 0. The predicted molar refractivity (Wildman–Crippen MR) is 47.0 cm³/mol. The van der Waals surface area contributed by atoms with Crippen LogP contribution in [0.1, 0.15) is 6.92 Å². The number of hydrogen-bond donors (Lipinski definition) is 4. The molecule has 4 N–H and O–H groups in total. The molecule has 0 aromatic rings. The Morgan fingerprint density at radius 3 is 2.08 bits per heavy atom. The summed E-state index contributed by atoms with van der Waals surface area (Å²) in [6.07, 6.45) is 0. The highest BCUT2D eigenvalue weighted by Crippen LogP contribution is 1.99. The Morgan fingerprint density at radius 2 is 1.77 bits per heavy atom. The van der Waals surface area contributed by atoms with Crippen molar-refractivity contribution < 1.29 is 23.2 Å². The first-order chi connectivity index (χ1) is 5.83. The lowest BCUT2D eigenvalue weighted by molar-refractivity contribution is 0.106. The zero-order chi connectivity index (χ0) is 10.5. The van der Waals surface area contributed by atoms with Crippen LogP contribution in [0.4, 0.5) is 0 Å². The molecule has 0 rings (SSSR count). The van der Waals surface area contributed by atoms with Crippen LogP contribution in [0, 0.1) is 0 Å². The molecule has 13 heavy (non-hydrogen) atoms. The zero-order valence-corrected chi connectivity index (χ0v) is 8.21. The smallest absolute Gasteiger partial charge is 0.266 e. The monoisotopic (exact) mass is 213 g/mol. The summed E-state index contributed by atoms with van der Waals surface area (Å²) < 4.78 is 28.9. The van der Waals surface area contributed by atoms with E-state index in [-0.39, 0.29) is 19.8 Å². The minimum atomic E-state index is -3.99. The first-order valence-electron chi connectivity index (χ1n) is 3.75. The second-order valence-corrected chi connectivity index (χ2v) is 4.66. The van der Waals surface area contributed by atoms with Crippen molar-refractivity contribution >= 4 is 10.1 Å². The minimum Gasteiger partial charge on any atom is -0.394 e. The number of aliphatic hydroxyl groups excluding tert-OH is 2. The van der Waals surface area contributed by atoms with Crippen molar-refractivity contribution in [2.45, 2.75) is 12.5 Å². The summed E-state index contributed by atoms with van der Waals surface area (Å²) in [5.74, 6) is -0.442. The number of nitrogens with one attached hydrogen (secondary N) is 1. The Hall–Kier alpha value is -0.210. The molecule has 0 aromatic heterocycles. The molecule has 0 fully saturated rings. The van der Waals surface area contributed by atoms with Crippen LogP contribution in [0.3, 0.4) is 0 Å². The summed E-state index contributed by atoms with van der Waals surface area (Å²) >= 11 is 0. The average Bonchev–Trinajstić information content (AvgIpc) is 2.02. The number of aliphatic hydroxyl groups is 2. The van der Waals surface area contributed by atoms with Gasteiger partial charge in [-0.3, -0.25) is 4.55 Å². The third kappa shape index (κ3) is 5.94. The van der Waals surface area contributed by atoms with Crippen molar-refractivity contribution in [3.8, 4) is 0 Å². The maximum atomic E-state index is 10.3. The van der Waals surface area contributed by atoms with Crippen LogP contribution in [0.2, 0.25) is 0 Å². The van der Waals surface area contributed by atoms with Gasteiger partial charge in [0, 0.05) is 6.54 Å². The van der Waals surface area contributed by atoms with E-state index in [0.29, 0.717) is 0 Å². The Labute approximate surface area is 77.3 Å². The lowest BCUT2D eigenvalue weighted by Crippen LogP contribution is -2.50. The fourth-order valence-electron chi connectivity index (χ4n) is 0.644. The van der Waals surface area contributed by atoms with Gasteiger partial charge in [0.05, 0.1) is 24.5 Å². The van der Waals surface area contributed by atoms with Gasteiger partial charge in [-0.2, -0.15) is 8.42 Å². The fraction of sp³-hybridized carbons (Fsp3) is 1.00. The van der Waals surface area contributed by atoms with Gasteiger partial charge in [0.1, 0.15) is 0 Å². The van der Waals surface area contributed by atoms with Crippen LogP contribution in [-0.4, -0.2) is 54.2 Å². The summed E-state index contributed by atoms with van der Waals surface area (Å²) in [4.78, 5) is 0. The van der Waals surface area contributed by atoms with Crippen LogP contribution in [0.15, 0.2) is 0 Å². The second kappa shape index (κ2) is 4.87. The van der Waals surface area contributed by atoms with E-state index in [2.05, 4.69) is 5.32 Å². The highest BCUT2D eigenvalue weighted by Gasteiger charge is 2.21. The Bertz CT molecular complexity index is 233. The van der Waals surface area contributed by atoms with Crippen LogP contribution in [-0.2, 0) is 10.1 Å². The molecule has 0 spiro atoms. The van der Waals surface area contributed by atoms with Crippen molar-refractivity contribution in [2.75, 3.05) is 25.5 Å². The lowest BCUT2D eigenvalue weighted by atomic mass is 10.1. The van der Waals surface area contributed by atoms with Gasteiger partial charge in [-0.1, -0.05) is 0 Å². The molecule has 0 bridgehead atoms. The van der Waals surface area contributed by atoms with Crippen molar-refractivity contribution in [3.63, 3.8) is 0 Å². The van der Waals surface area contributed by atoms with E-state index in [1.54, 1.807) is 0 Å². The fourth-order valence-corrected chi connectivity index (χ4v) is 1.00. The van der Waals surface area contributed by atoms with E-state index in [1.165, 1.54) is 6.92 Å². The molecule has 0 aliphatic rings. The first kappa shape index (κ1) is 12.8. The van der Waals surface area contributed by atoms with E-state index in [0.717, 1.165) is 0 Å². The molecule has 6 nitrogen and oxygen atoms in total. The molecule has 0 aromatic carbocycles. The molecule has 0 heterocycles. The predicted octanol–water partition coefficient (Wildman–Crippen LogP) is -1.79. The maximum Gasteiger partial charge on any atom is 0.266 e. The minimum absolute atomic E-state index is 0.0174. The van der Waals surface area contributed by atoms with Crippen molar-refractivity contribution in [1.29, 1.82) is 0 Å². The molecular weight excluding hydrogens is 198 g/mol. The highest BCUT2D eigenvalue weighted by molar-refractivity contribution is 7.85. The van der Waals surface area contributed by atoms with Gasteiger partial charge in [0.25, 0.3) is 10.1 Å².